The van der Waals surface area contributed by atoms with Crippen LogP contribution in [0.4, 0.5) is 5.69 Å². The summed E-state index contributed by atoms with van der Waals surface area (Å²) in [6.45, 7) is 2.17. The van der Waals surface area contributed by atoms with Gasteiger partial charge in [-0.25, -0.2) is 0 Å². The van der Waals surface area contributed by atoms with E-state index in [1.807, 2.05) is 24.1 Å². The molecule has 1 rings (SSSR count). The van der Waals surface area contributed by atoms with Gasteiger partial charge in [0.1, 0.15) is 0 Å². The molecule has 0 amide bonds. The highest BCUT2D eigenvalue weighted by molar-refractivity contribution is 6.30. The normalized spacial score (nSPS) is 12.2. The van der Waals surface area contributed by atoms with Crippen molar-refractivity contribution >= 4 is 23.3 Å². The van der Waals surface area contributed by atoms with Crippen LogP contribution in [0.1, 0.15) is 6.92 Å². The Morgan fingerprint density at radius 2 is 2.00 bits per heavy atom. The van der Waals surface area contributed by atoms with Crippen molar-refractivity contribution in [3.8, 4) is 0 Å². The van der Waals surface area contributed by atoms with E-state index < -0.39 is 5.97 Å². The SMILES string of the molecule is CC(CN(C)c1ccc(Cl)cc1)C(=O)O. The zero-order chi connectivity index (χ0) is 11.4. The van der Waals surface area contributed by atoms with Crippen molar-refractivity contribution < 1.29 is 9.90 Å². The van der Waals surface area contributed by atoms with E-state index in [1.165, 1.54) is 0 Å². The molecule has 0 spiro atoms. The lowest BCUT2D eigenvalue weighted by Gasteiger charge is -2.21. The summed E-state index contributed by atoms with van der Waals surface area (Å²) < 4.78 is 0. The molecule has 0 aromatic heterocycles. The lowest BCUT2D eigenvalue weighted by atomic mass is 10.1. The van der Waals surface area contributed by atoms with Crippen molar-refractivity contribution in [1.29, 1.82) is 0 Å². The van der Waals surface area contributed by atoms with Gasteiger partial charge in [-0.3, -0.25) is 4.79 Å². The number of halogens is 1. The number of aliphatic carboxylic acids is 1. The highest BCUT2D eigenvalue weighted by atomic mass is 35.5. The molecule has 0 heterocycles. The third kappa shape index (κ3) is 3.44. The number of carbonyl (C=O) groups is 1. The summed E-state index contributed by atoms with van der Waals surface area (Å²) in [5, 5.41) is 9.45. The summed E-state index contributed by atoms with van der Waals surface area (Å²) in [4.78, 5) is 12.6. The zero-order valence-corrected chi connectivity index (χ0v) is 9.53. The van der Waals surface area contributed by atoms with Crippen LogP contribution in [0.5, 0.6) is 0 Å². The van der Waals surface area contributed by atoms with Crippen LogP contribution in [-0.4, -0.2) is 24.7 Å². The molecule has 1 aromatic rings. The monoisotopic (exact) mass is 227 g/mol. The summed E-state index contributed by atoms with van der Waals surface area (Å²) >= 11 is 5.76. The van der Waals surface area contributed by atoms with Gasteiger partial charge in [-0.15, -0.1) is 0 Å². The smallest absolute Gasteiger partial charge is 0.308 e. The Balaban J connectivity index is 2.64. The molecule has 1 N–H and O–H groups in total. The summed E-state index contributed by atoms with van der Waals surface area (Å²) in [7, 11) is 1.86. The molecule has 0 aliphatic rings. The van der Waals surface area contributed by atoms with Gasteiger partial charge in [0.15, 0.2) is 0 Å². The Labute approximate surface area is 94.3 Å². The lowest BCUT2D eigenvalue weighted by molar-refractivity contribution is -0.140. The van der Waals surface area contributed by atoms with E-state index in [0.717, 1.165) is 5.69 Å². The standard InChI is InChI=1S/C11H14ClNO2/c1-8(11(14)15)7-13(2)10-5-3-9(12)4-6-10/h3-6,8H,7H2,1-2H3,(H,14,15). The van der Waals surface area contributed by atoms with E-state index in [-0.39, 0.29) is 5.92 Å². The van der Waals surface area contributed by atoms with Crippen LogP contribution in [0.2, 0.25) is 5.02 Å². The fourth-order valence-corrected chi connectivity index (χ4v) is 1.42. The molecule has 0 radical (unpaired) electrons. The molecule has 1 aromatic carbocycles. The molecule has 82 valence electrons. The third-order valence-electron chi connectivity index (χ3n) is 2.24. The molecule has 1 atom stereocenters. The van der Waals surface area contributed by atoms with Crippen molar-refractivity contribution in [3.63, 3.8) is 0 Å². The fraction of sp³-hybridized carbons (Fsp3) is 0.364. The predicted octanol–water partition coefficient (Wildman–Crippen LogP) is 2.50. The molecule has 0 fully saturated rings. The minimum Gasteiger partial charge on any atom is -0.481 e. The van der Waals surface area contributed by atoms with Crippen molar-refractivity contribution in [2.75, 3.05) is 18.5 Å². The van der Waals surface area contributed by atoms with Gasteiger partial charge in [0.2, 0.25) is 0 Å². The number of anilines is 1. The van der Waals surface area contributed by atoms with Gasteiger partial charge in [0.25, 0.3) is 0 Å². The number of rotatable bonds is 4. The first kappa shape index (κ1) is 11.9. The van der Waals surface area contributed by atoms with E-state index in [2.05, 4.69) is 0 Å². The van der Waals surface area contributed by atoms with Gasteiger partial charge in [0, 0.05) is 24.3 Å². The topological polar surface area (TPSA) is 40.5 Å². The number of benzene rings is 1. The molecular formula is C11H14ClNO2. The van der Waals surface area contributed by atoms with E-state index in [0.29, 0.717) is 11.6 Å². The number of carboxylic acids is 1. The van der Waals surface area contributed by atoms with Crippen LogP contribution in [0, 0.1) is 5.92 Å². The highest BCUT2D eigenvalue weighted by Crippen LogP contribution is 2.17. The minimum absolute atomic E-state index is 0.384. The van der Waals surface area contributed by atoms with Gasteiger partial charge in [-0.2, -0.15) is 0 Å². The second-order valence-electron chi connectivity index (χ2n) is 3.60. The first-order valence-corrected chi connectivity index (χ1v) is 5.08. The molecule has 0 saturated carbocycles. The van der Waals surface area contributed by atoms with Gasteiger partial charge in [-0.05, 0) is 24.3 Å². The largest absolute Gasteiger partial charge is 0.481 e. The van der Waals surface area contributed by atoms with Crippen LogP contribution in [-0.2, 0) is 4.79 Å². The van der Waals surface area contributed by atoms with Gasteiger partial charge >= 0.3 is 5.97 Å². The third-order valence-corrected chi connectivity index (χ3v) is 2.49. The number of hydrogen-bond donors (Lipinski definition) is 1. The maximum Gasteiger partial charge on any atom is 0.308 e. The number of carboxylic acid groups (broad SMARTS) is 1. The summed E-state index contributed by atoms with van der Waals surface area (Å²) in [5.74, 6) is -1.17. The van der Waals surface area contributed by atoms with Crippen LogP contribution >= 0.6 is 11.6 Å². The molecular weight excluding hydrogens is 214 g/mol. The van der Waals surface area contributed by atoms with Crippen molar-refractivity contribution in [3.05, 3.63) is 29.3 Å². The van der Waals surface area contributed by atoms with Crippen LogP contribution in [0.25, 0.3) is 0 Å². The molecule has 0 saturated heterocycles. The fourth-order valence-electron chi connectivity index (χ4n) is 1.29. The zero-order valence-electron chi connectivity index (χ0n) is 8.77. The Bertz CT molecular complexity index is 337. The predicted molar refractivity (Wildman–Crippen MR) is 61.5 cm³/mol. The number of nitrogens with zero attached hydrogens (tertiary/aromatic N) is 1. The average Bonchev–Trinajstić information content (AvgIpc) is 2.18. The quantitative estimate of drug-likeness (QED) is 0.859. The molecule has 15 heavy (non-hydrogen) atoms. The first-order chi connectivity index (χ1) is 7.00. The molecule has 0 aliphatic carbocycles. The molecule has 4 heteroatoms. The highest BCUT2D eigenvalue weighted by Gasteiger charge is 2.13. The molecule has 1 unspecified atom stereocenters. The average molecular weight is 228 g/mol. The van der Waals surface area contributed by atoms with E-state index in [4.69, 9.17) is 16.7 Å². The second kappa shape index (κ2) is 5.03. The molecule has 0 aliphatic heterocycles. The molecule has 3 nitrogen and oxygen atoms in total. The van der Waals surface area contributed by atoms with E-state index in [1.54, 1.807) is 19.1 Å². The summed E-state index contributed by atoms with van der Waals surface area (Å²) in [6.07, 6.45) is 0. The van der Waals surface area contributed by atoms with Crippen molar-refractivity contribution in [2.45, 2.75) is 6.92 Å². The van der Waals surface area contributed by atoms with Gasteiger partial charge in [-0.1, -0.05) is 18.5 Å². The lowest BCUT2D eigenvalue weighted by Crippen LogP contribution is -2.28. The first-order valence-electron chi connectivity index (χ1n) is 4.70. The maximum atomic E-state index is 10.7. The minimum atomic E-state index is -0.782. The van der Waals surface area contributed by atoms with Gasteiger partial charge < -0.3 is 10.0 Å². The Kier molecular flexibility index (Phi) is 3.97. The second-order valence-corrected chi connectivity index (χ2v) is 4.03. The van der Waals surface area contributed by atoms with Crippen molar-refractivity contribution in [1.82, 2.24) is 0 Å². The van der Waals surface area contributed by atoms with Crippen LogP contribution in [0.15, 0.2) is 24.3 Å². The maximum absolute atomic E-state index is 10.7. The van der Waals surface area contributed by atoms with Crippen molar-refractivity contribution in [2.24, 2.45) is 5.92 Å². The van der Waals surface area contributed by atoms with E-state index in [9.17, 15) is 4.79 Å². The van der Waals surface area contributed by atoms with Gasteiger partial charge in [0.05, 0.1) is 5.92 Å². The summed E-state index contributed by atoms with van der Waals surface area (Å²) in [5.41, 5.74) is 0.965. The Hall–Kier alpha value is -1.22. The Morgan fingerprint density at radius 3 is 2.47 bits per heavy atom. The van der Waals surface area contributed by atoms with Crippen LogP contribution < -0.4 is 4.90 Å². The Morgan fingerprint density at radius 1 is 1.47 bits per heavy atom. The summed E-state index contributed by atoms with van der Waals surface area (Å²) in [6, 6.07) is 7.32. The molecule has 0 bridgehead atoms. The number of hydrogen-bond acceptors (Lipinski definition) is 2. The van der Waals surface area contributed by atoms with E-state index >= 15 is 0 Å². The van der Waals surface area contributed by atoms with Crippen LogP contribution in [0.3, 0.4) is 0 Å².